The topological polar surface area (TPSA) is 625 Å². The van der Waals surface area contributed by atoms with E-state index in [1.54, 1.807) is 171 Å². The molecule has 15 aromatic rings. The Morgan fingerprint density at radius 2 is 0.209 bits per heavy atom. The zero-order valence-electron chi connectivity index (χ0n) is 83.1. The summed E-state index contributed by atoms with van der Waals surface area (Å²) < 4.78 is 38.2. The molecule has 0 aliphatic carbocycles. The summed E-state index contributed by atoms with van der Waals surface area (Å²) in [4.78, 5) is 118. The first-order valence-corrected chi connectivity index (χ1v) is 53.9. The van der Waals surface area contributed by atoms with Crippen LogP contribution in [-0.4, -0.2) is 194 Å². The highest BCUT2D eigenvalue weighted by molar-refractivity contribution is 7.84. The van der Waals surface area contributed by atoms with Gasteiger partial charge in [0.25, 0.3) is 54.3 Å². The van der Waals surface area contributed by atoms with Crippen LogP contribution in [0.2, 0.25) is 0 Å². The van der Waals surface area contributed by atoms with Crippen molar-refractivity contribution in [2.75, 3.05) is 169 Å². The minimum Gasteiger partial charge on any atom is -0.508 e. The maximum absolute atomic E-state index is 11.8. The monoisotopic (exact) mass is 2110 g/mol. The van der Waals surface area contributed by atoms with Gasteiger partial charge in [0, 0.05) is 159 Å². The van der Waals surface area contributed by atoms with E-state index < -0.39 is 97.5 Å². The Kier molecular flexibility index (Phi) is 53.1. The van der Waals surface area contributed by atoms with E-state index in [-0.39, 0.29) is 68.4 Å². The van der Waals surface area contributed by atoms with E-state index in [0.29, 0.717) is 187 Å². The molecule has 36 nitrogen and oxygen atoms in total. The normalized spacial score (nSPS) is 10.4. The van der Waals surface area contributed by atoms with Gasteiger partial charge in [0.15, 0.2) is 0 Å². The van der Waals surface area contributed by atoms with Crippen molar-refractivity contribution in [1.29, 1.82) is 0 Å². The highest BCUT2D eigenvalue weighted by Gasteiger charge is 2.25. The second-order valence-corrected chi connectivity index (χ2v) is 39.4. The van der Waals surface area contributed by atoms with Crippen molar-refractivity contribution in [2.24, 2.45) is 0 Å². The number of phenols is 10. The van der Waals surface area contributed by atoms with E-state index in [9.17, 15) is 116 Å². The van der Waals surface area contributed by atoms with Crippen molar-refractivity contribution in [3.05, 3.63) is 401 Å². The predicted molar refractivity (Wildman–Crippen MR) is 597 cm³/mol. The van der Waals surface area contributed by atoms with E-state index in [1.807, 2.05) is 121 Å². The minimum absolute atomic E-state index is 0. The highest BCUT2D eigenvalue weighted by Crippen LogP contribution is 2.25. The lowest BCUT2D eigenvalue weighted by Gasteiger charge is -2.15. The van der Waals surface area contributed by atoms with Crippen LogP contribution in [0.5, 0.6) is 57.5 Å². The predicted octanol–water partition coefficient (Wildman–Crippen LogP) is 8.34. The summed E-state index contributed by atoms with van der Waals surface area (Å²) in [6.07, 6.45) is 19.8. The van der Waals surface area contributed by atoms with Gasteiger partial charge in [0.2, 0.25) is 0 Å². The maximum atomic E-state index is 11.8. The van der Waals surface area contributed by atoms with Gasteiger partial charge in [-0.1, -0.05) is 121 Å². The summed E-state index contributed by atoms with van der Waals surface area (Å²) in [6, 6.07) is 68.6. The largest absolute Gasteiger partial charge is 0.508 e. The van der Waals surface area contributed by atoms with Gasteiger partial charge in [-0.05, 0) is 241 Å². The van der Waals surface area contributed by atoms with Gasteiger partial charge < -0.3 is 115 Å². The SMILES string of the molecule is CS(C)=O.CS(C)=O.CS(C)=O.CS(C)=O.O.O.O=c1c(NCCc2ccc(O)cc2)c(NCCc2ccc(O)cc2)c1=O.O=c1c(NCCc2ccc(O)cc2)c(NCCc2ccc(O)cc2)c1=O.O=c1c(NCCc2ccc(O)cc2)c(NCCc2ccc(O)cc2)c1=O.O=c1c(NCCc2ccc(O)cc2)c(NCCc2ccc(O)cc2)c1=O.O=c1c(NCCc2ccc(O)cc2)c(NCCc2ccc(O)cc2)c1=O. The second-order valence-electron chi connectivity index (χ2n) is 33.4. The minimum atomic E-state index is -0.611. The lowest BCUT2D eigenvalue weighted by atomic mass is 10.1. The van der Waals surface area contributed by atoms with Gasteiger partial charge in [-0.15, -0.1) is 0 Å². The lowest BCUT2D eigenvalue weighted by molar-refractivity contribution is 0.474. The first-order chi connectivity index (χ1) is 69.6. The van der Waals surface area contributed by atoms with Crippen molar-refractivity contribution < 1.29 is 78.9 Å². The molecule has 0 radical (unpaired) electrons. The molecule has 0 saturated carbocycles. The molecule has 15 rings (SSSR count). The van der Waals surface area contributed by atoms with Crippen LogP contribution < -0.4 is 107 Å². The molecule has 790 valence electrons. The third-order valence-electron chi connectivity index (χ3n) is 21.1. The molecule has 0 aromatic heterocycles. The molecule has 24 N–H and O–H groups in total. The number of phenolic OH excluding ortho intramolecular Hbond substituents is 10. The van der Waals surface area contributed by atoms with E-state index in [4.69, 9.17) is 0 Å². The van der Waals surface area contributed by atoms with Crippen LogP contribution in [0.3, 0.4) is 0 Å². The van der Waals surface area contributed by atoms with Crippen molar-refractivity contribution in [2.45, 2.75) is 64.2 Å². The number of nitrogens with one attached hydrogen (secondary N) is 10. The Morgan fingerprint density at radius 1 is 0.149 bits per heavy atom. The van der Waals surface area contributed by atoms with Gasteiger partial charge in [-0.25, -0.2) is 0 Å². The molecule has 0 saturated heterocycles. The van der Waals surface area contributed by atoms with Crippen LogP contribution in [-0.2, 0) is 107 Å². The summed E-state index contributed by atoms with van der Waals surface area (Å²) in [5.74, 6) is 2.12. The van der Waals surface area contributed by atoms with Gasteiger partial charge in [-0.2, -0.15) is 0 Å². The third kappa shape index (κ3) is 43.2. The number of rotatable bonds is 40. The molecule has 148 heavy (non-hydrogen) atoms. The Labute approximate surface area is 864 Å². The zero-order valence-corrected chi connectivity index (χ0v) is 86.3. The average Bonchev–Trinajstić information content (AvgIpc) is 0.799. The molecular weight excluding hydrogens is 1980 g/mol. The molecule has 0 aliphatic rings. The number of hydrogen-bond acceptors (Lipinski definition) is 34. The molecule has 0 aliphatic heterocycles. The van der Waals surface area contributed by atoms with Crippen LogP contribution in [0.15, 0.2) is 291 Å². The number of anilines is 10. The molecule has 0 atom stereocenters. The standard InChI is InChI=1S/5C20H20N2O4.4C2H6OS.2H2O/c5*23-15-5-1-13(2-6-15)9-11-21-17-18(20(26)19(17)25)22-12-10-14-3-7-16(24)8-4-14;4*1-4(2)3;;/h5*1-8,21-24H,9-12H2;4*1-2H3;2*1H2. The molecule has 0 bridgehead atoms. The average molecular weight is 2110 g/mol. The summed E-state index contributed by atoms with van der Waals surface area (Å²) in [7, 11) is -2.44. The first kappa shape index (κ1) is 123. The van der Waals surface area contributed by atoms with E-state index >= 15 is 0 Å². The number of hydrogen-bond donors (Lipinski definition) is 20. The fourth-order valence-corrected chi connectivity index (χ4v) is 13.6. The van der Waals surface area contributed by atoms with E-state index in [0.717, 1.165) is 55.6 Å². The first-order valence-electron chi connectivity index (χ1n) is 46.0. The summed E-state index contributed by atoms with van der Waals surface area (Å²) >= 11 is 0. The molecule has 0 unspecified atom stereocenters. The van der Waals surface area contributed by atoms with Crippen molar-refractivity contribution in [3.8, 4) is 57.5 Å². The Balaban J connectivity index is 0.000000312. The van der Waals surface area contributed by atoms with Crippen LogP contribution in [0.1, 0.15) is 55.6 Å². The lowest BCUT2D eigenvalue weighted by Crippen LogP contribution is -2.38. The van der Waals surface area contributed by atoms with Gasteiger partial charge in [0.05, 0.1) is 0 Å². The Morgan fingerprint density at radius 3 is 0.270 bits per heavy atom. The number of aromatic hydroxyl groups is 10. The second kappa shape index (κ2) is 64.1. The van der Waals surface area contributed by atoms with Crippen LogP contribution >= 0.6 is 0 Å². The van der Waals surface area contributed by atoms with Crippen molar-refractivity contribution >= 4 is 100 Å². The zero-order chi connectivity index (χ0) is 107. The Bertz CT molecular complexity index is 5680. The van der Waals surface area contributed by atoms with Crippen molar-refractivity contribution in [1.82, 2.24) is 0 Å². The van der Waals surface area contributed by atoms with Gasteiger partial charge in [-0.3, -0.25) is 64.8 Å². The quantitative estimate of drug-likeness (QED) is 0.0160. The summed E-state index contributed by atoms with van der Waals surface area (Å²) in [5.41, 5.74) is 8.59. The van der Waals surface area contributed by atoms with Crippen LogP contribution in [0, 0.1) is 0 Å². The van der Waals surface area contributed by atoms with Crippen molar-refractivity contribution in [3.63, 3.8) is 0 Å². The van der Waals surface area contributed by atoms with Crippen LogP contribution in [0.4, 0.5) is 56.9 Å². The smallest absolute Gasteiger partial charge is 0.253 e. The molecular formula is C108H128N10O26S4. The van der Waals surface area contributed by atoms with Gasteiger partial charge in [0.1, 0.15) is 114 Å². The molecule has 40 heteroatoms. The number of benzene rings is 10. The maximum Gasteiger partial charge on any atom is 0.253 e. The molecule has 0 spiro atoms. The Hall–Kier alpha value is -15.9. The van der Waals surface area contributed by atoms with E-state index in [2.05, 4.69) is 53.2 Å². The summed E-state index contributed by atoms with van der Waals surface area (Å²) in [6.45, 7) is 5.16. The van der Waals surface area contributed by atoms with Crippen LogP contribution in [0.25, 0.3) is 0 Å². The fraction of sp³-hybridized carbons (Fsp3) is 0.259. The highest BCUT2D eigenvalue weighted by atomic mass is 32.2. The van der Waals surface area contributed by atoms with Gasteiger partial charge >= 0.3 is 0 Å². The summed E-state index contributed by atoms with van der Waals surface area (Å²) in [5, 5.41) is 123. The molecule has 0 heterocycles. The molecule has 15 aromatic carbocycles. The third-order valence-corrected chi connectivity index (χ3v) is 21.1. The van der Waals surface area contributed by atoms with E-state index in [1.165, 1.54) is 0 Å². The molecule has 0 amide bonds. The fourth-order valence-electron chi connectivity index (χ4n) is 13.6. The molecule has 0 fully saturated rings.